The van der Waals surface area contributed by atoms with E-state index in [1.54, 1.807) is 12.1 Å². The number of rotatable bonds is 18. The lowest BCUT2D eigenvalue weighted by atomic mass is 10.0. The van der Waals surface area contributed by atoms with Crippen molar-refractivity contribution >= 4 is 0 Å². The van der Waals surface area contributed by atoms with Crippen LogP contribution in [0.5, 0.6) is 0 Å². The molecule has 1 unspecified atom stereocenters. The van der Waals surface area contributed by atoms with Crippen LogP contribution in [0.25, 0.3) is 0 Å². The Morgan fingerprint density at radius 3 is 2.00 bits per heavy atom. The molecule has 27 heavy (non-hydrogen) atoms. The maximum atomic E-state index is 12.9. The molecule has 1 atom stereocenters. The summed E-state index contributed by atoms with van der Waals surface area (Å²) < 4.78 is 24.2. The van der Waals surface area contributed by atoms with E-state index >= 15 is 0 Å². The van der Waals surface area contributed by atoms with Gasteiger partial charge in [-0.15, -0.1) is 0 Å². The molecular formula is C24H41FO2. The molecule has 0 saturated heterocycles. The molecule has 1 aromatic carbocycles. The zero-order valence-electron chi connectivity index (χ0n) is 17.7. The Bertz CT molecular complexity index is 433. The van der Waals surface area contributed by atoms with Gasteiger partial charge in [0.25, 0.3) is 0 Å². The van der Waals surface area contributed by atoms with E-state index in [2.05, 4.69) is 6.92 Å². The third-order valence-electron chi connectivity index (χ3n) is 5.13. The Balaban J connectivity index is 2.13. The first-order chi connectivity index (χ1) is 13.3. The van der Waals surface area contributed by atoms with Crippen molar-refractivity contribution in [2.45, 2.75) is 103 Å². The zero-order valence-corrected chi connectivity index (χ0v) is 17.7. The first kappa shape index (κ1) is 24.1. The summed E-state index contributed by atoms with van der Waals surface area (Å²) in [5.74, 6) is -0.154. The van der Waals surface area contributed by atoms with Gasteiger partial charge >= 0.3 is 0 Å². The van der Waals surface area contributed by atoms with Crippen molar-refractivity contribution in [1.82, 2.24) is 0 Å². The molecule has 0 radical (unpaired) electrons. The van der Waals surface area contributed by atoms with Crippen LogP contribution in [0.15, 0.2) is 24.3 Å². The summed E-state index contributed by atoms with van der Waals surface area (Å²) in [6.45, 7) is 5.40. The molecule has 0 N–H and O–H groups in total. The van der Waals surface area contributed by atoms with Crippen LogP contribution < -0.4 is 0 Å². The Hall–Kier alpha value is -0.930. The standard InChI is InChI=1S/C24H41FO2/c1-3-5-6-7-8-9-12-15-24(27-21-26-4-2)16-13-10-11-14-22-17-19-23(25)20-18-22/h17-20,24H,3-16,21H2,1-2H3. The first-order valence-corrected chi connectivity index (χ1v) is 11.2. The number of aryl methyl sites for hydroxylation is 1. The third kappa shape index (κ3) is 13.8. The quantitative estimate of drug-likeness (QED) is 0.194. The highest BCUT2D eigenvalue weighted by molar-refractivity contribution is 5.15. The molecule has 0 aliphatic rings. The molecule has 0 heterocycles. The summed E-state index contributed by atoms with van der Waals surface area (Å²) in [6.07, 6.45) is 16.6. The Labute approximate surface area is 166 Å². The highest BCUT2D eigenvalue weighted by Gasteiger charge is 2.09. The van der Waals surface area contributed by atoms with Crippen LogP contribution >= 0.6 is 0 Å². The van der Waals surface area contributed by atoms with Crippen LogP contribution in [0.4, 0.5) is 4.39 Å². The summed E-state index contributed by atoms with van der Waals surface area (Å²) in [7, 11) is 0. The number of unbranched alkanes of at least 4 members (excludes halogenated alkanes) is 8. The van der Waals surface area contributed by atoms with Gasteiger partial charge in [-0.3, -0.25) is 0 Å². The predicted molar refractivity (Wildman–Crippen MR) is 113 cm³/mol. The molecule has 1 rings (SSSR count). The van der Waals surface area contributed by atoms with Gasteiger partial charge in [0.15, 0.2) is 0 Å². The molecular weight excluding hydrogens is 339 g/mol. The molecule has 0 spiro atoms. The van der Waals surface area contributed by atoms with Crippen LogP contribution in [-0.4, -0.2) is 19.5 Å². The maximum absolute atomic E-state index is 12.9. The number of ether oxygens (including phenoxy) is 2. The van der Waals surface area contributed by atoms with E-state index in [1.807, 2.05) is 19.1 Å². The van der Waals surface area contributed by atoms with Gasteiger partial charge in [-0.1, -0.05) is 76.8 Å². The van der Waals surface area contributed by atoms with Gasteiger partial charge in [-0.05, 0) is 50.3 Å². The second kappa shape index (κ2) is 17.2. The summed E-state index contributed by atoms with van der Waals surface area (Å²) in [4.78, 5) is 0. The van der Waals surface area contributed by atoms with Crippen molar-refractivity contribution < 1.29 is 13.9 Å². The van der Waals surface area contributed by atoms with E-state index in [4.69, 9.17) is 9.47 Å². The fourth-order valence-corrected chi connectivity index (χ4v) is 3.40. The lowest BCUT2D eigenvalue weighted by molar-refractivity contribution is -0.0913. The predicted octanol–water partition coefficient (Wildman–Crippen LogP) is 7.45. The van der Waals surface area contributed by atoms with E-state index in [0.717, 1.165) is 25.7 Å². The van der Waals surface area contributed by atoms with Crippen LogP contribution in [-0.2, 0) is 15.9 Å². The van der Waals surface area contributed by atoms with Gasteiger partial charge < -0.3 is 9.47 Å². The van der Waals surface area contributed by atoms with E-state index in [0.29, 0.717) is 19.5 Å². The normalized spacial score (nSPS) is 12.4. The van der Waals surface area contributed by atoms with Crippen LogP contribution in [0.3, 0.4) is 0 Å². The van der Waals surface area contributed by atoms with Crippen molar-refractivity contribution in [1.29, 1.82) is 0 Å². The minimum Gasteiger partial charge on any atom is -0.356 e. The lowest BCUT2D eigenvalue weighted by Gasteiger charge is -2.18. The fourth-order valence-electron chi connectivity index (χ4n) is 3.40. The summed E-state index contributed by atoms with van der Waals surface area (Å²) in [6, 6.07) is 6.89. The maximum Gasteiger partial charge on any atom is 0.147 e. The van der Waals surface area contributed by atoms with E-state index in [1.165, 1.54) is 63.4 Å². The Morgan fingerprint density at radius 2 is 1.37 bits per heavy atom. The molecule has 0 saturated carbocycles. The summed E-state index contributed by atoms with van der Waals surface area (Å²) in [5, 5.41) is 0. The van der Waals surface area contributed by atoms with Crippen molar-refractivity contribution in [2.75, 3.05) is 13.4 Å². The Morgan fingerprint density at radius 1 is 0.778 bits per heavy atom. The van der Waals surface area contributed by atoms with E-state index in [-0.39, 0.29) is 5.82 Å². The minimum absolute atomic E-state index is 0.154. The van der Waals surface area contributed by atoms with Gasteiger partial charge in [-0.2, -0.15) is 0 Å². The molecule has 3 heteroatoms. The van der Waals surface area contributed by atoms with Crippen LogP contribution in [0, 0.1) is 5.82 Å². The number of benzene rings is 1. The minimum atomic E-state index is -0.154. The number of halogens is 1. The van der Waals surface area contributed by atoms with Crippen molar-refractivity contribution in [3.05, 3.63) is 35.6 Å². The monoisotopic (exact) mass is 380 g/mol. The van der Waals surface area contributed by atoms with Gasteiger partial charge in [0.2, 0.25) is 0 Å². The molecule has 0 aliphatic heterocycles. The molecule has 0 bridgehead atoms. The van der Waals surface area contributed by atoms with Crippen LogP contribution in [0.2, 0.25) is 0 Å². The highest BCUT2D eigenvalue weighted by atomic mass is 19.1. The molecule has 0 fully saturated rings. The molecule has 0 amide bonds. The lowest BCUT2D eigenvalue weighted by Crippen LogP contribution is -2.15. The van der Waals surface area contributed by atoms with Gasteiger partial charge in [0.05, 0.1) is 6.10 Å². The first-order valence-electron chi connectivity index (χ1n) is 11.2. The smallest absolute Gasteiger partial charge is 0.147 e. The van der Waals surface area contributed by atoms with Crippen LogP contribution in [0.1, 0.15) is 96.5 Å². The van der Waals surface area contributed by atoms with E-state index < -0.39 is 0 Å². The van der Waals surface area contributed by atoms with Crippen molar-refractivity contribution in [2.24, 2.45) is 0 Å². The summed E-state index contributed by atoms with van der Waals surface area (Å²) >= 11 is 0. The largest absolute Gasteiger partial charge is 0.356 e. The zero-order chi connectivity index (χ0) is 19.6. The number of hydrogen-bond acceptors (Lipinski definition) is 2. The average Bonchev–Trinajstić information content (AvgIpc) is 2.68. The molecule has 2 nitrogen and oxygen atoms in total. The van der Waals surface area contributed by atoms with Crippen molar-refractivity contribution in [3.63, 3.8) is 0 Å². The van der Waals surface area contributed by atoms with E-state index in [9.17, 15) is 4.39 Å². The average molecular weight is 381 g/mol. The highest BCUT2D eigenvalue weighted by Crippen LogP contribution is 2.17. The molecule has 0 aromatic heterocycles. The second-order valence-electron chi connectivity index (χ2n) is 7.54. The van der Waals surface area contributed by atoms with Gasteiger partial charge in [-0.25, -0.2) is 4.39 Å². The number of hydrogen-bond donors (Lipinski definition) is 0. The van der Waals surface area contributed by atoms with Crippen molar-refractivity contribution in [3.8, 4) is 0 Å². The SMILES string of the molecule is CCCCCCCCCC(CCCCCc1ccc(F)cc1)OCOCC. The fraction of sp³-hybridized carbons (Fsp3) is 0.750. The summed E-state index contributed by atoms with van der Waals surface area (Å²) in [5.41, 5.74) is 1.23. The Kier molecular flexibility index (Phi) is 15.3. The topological polar surface area (TPSA) is 18.5 Å². The molecule has 156 valence electrons. The van der Waals surface area contributed by atoms with Gasteiger partial charge in [0, 0.05) is 6.61 Å². The van der Waals surface area contributed by atoms with Gasteiger partial charge in [0.1, 0.15) is 12.6 Å². The molecule has 0 aliphatic carbocycles. The second-order valence-corrected chi connectivity index (χ2v) is 7.54. The third-order valence-corrected chi connectivity index (χ3v) is 5.13. The molecule has 1 aromatic rings.